The summed E-state index contributed by atoms with van der Waals surface area (Å²) in [6.45, 7) is 1.41. The molecular formula is C99H94N16O17S. The molecule has 7 aromatic heterocycles. The number of nitrogens with zero attached hydrogens (tertiary/aromatic N) is 8. The normalized spacial score (nSPS) is 12.0. The Labute approximate surface area is 763 Å². The van der Waals surface area contributed by atoms with Gasteiger partial charge in [0, 0.05) is 23.4 Å². The van der Waals surface area contributed by atoms with Crippen LogP contribution >= 0.6 is 0 Å². The summed E-state index contributed by atoms with van der Waals surface area (Å²) >= 11 is 0. The first-order chi connectivity index (χ1) is 64.8. The molecule has 3 unspecified atom stereocenters. The molecule has 1 saturated carbocycles. The molecule has 0 aliphatic heterocycles. The number of amides is 5. The van der Waals surface area contributed by atoms with Crippen LogP contribution in [0.3, 0.4) is 0 Å². The molecular weight excluding hydrogens is 1720 g/mol. The van der Waals surface area contributed by atoms with Crippen molar-refractivity contribution in [2.75, 3.05) is 50.2 Å². The topological polar surface area (TPSA) is 499 Å². The fraction of sp³-hybridized carbons (Fsp3) is 0.131. The molecule has 34 heteroatoms. The Bertz CT molecular complexity index is 6540. The second-order valence-electron chi connectivity index (χ2n) is 29.2. The van der Waals surface area contributed by atoms with Gasteiger partial charge in [-0.15, -0.1) is 0 Å². The van der Waals surface area contributed by atoms with Crippen LogP contribution < -0.4 is 42.8 Å². The molecule has 0 saturated heterocycles. The Kier molecular flexibility index (Phi) is 35.2. The van der Waals surface area contributed by atoms with E-state index in [1.165, 1.54) is 38.1 Å². The van der Waals surface area contributed by atoms with Crippen molar-refractivity contribution in [2.45, 2.75) is 68.7 Å². The lowest BCUT2D eigenvalue weighted by Crippen LogP contribution is -2.35. The summed E-state index contributed by atoms with van der Waals surface area (Å²) in [5.74, 6) is 0.331. The molecule has 0 radical (unpaired) electrons. The van der Waals surface area contributed by atoms with Crippen molar-refractivity contribution in [3.63, 3.8) is 0 Å². The van der Waals surface area contributed by atoms with Gasteiger partial charge in [-0.2, -0.15) is 0 Å². The summed E-state index contributed by atoms with van der Waals surface area (Å²) in [6, 6.07) is 90.6. The number of benzene rings is 10. The number of aliphatic hydroxyl groups excluding tert-OH is 4. The van der Waals surface area contributed by atoms with Crippen LogP contribution in [0, 0.1) is 5.92 Å². The maximum atomic E-state index is 12.3. The molecule has 17 aromatic rings. The van der Waals surface area contributed by atoms with E-state index in [9.17, 15) is 42.6 Å². The van der Waals surface area contributed by atoms with Crippen LogP contribution in [0.5, 0.6) is 0 Å². The zero-order valence-corrected chi connectivity index (χ0v) is 72.4. The van der Waals surface area contributed by atoms with E-state index < -0.39 is 46.1 Å². The zero-order valence-electron chi connectivity index (χ0n) is 71.6. The quantitative estimate of drug-likeness (QED) is 0.0267. The van der Waals surface area contributed by atoms with Crippen molar-refractivity contribution in [3.05, 3.63) is 364 Å². The molecule has 14 N–H and O–H groups in total. The van der Waals surface area contributed by atoms with Crippen LogP contribution in [-0.2, 0) is 35.6 Å². The minimum atomic E-state index is -3.62. The minimum absolute atomic E-state index is 0.0387. The number of imidazole rings is 1. The average Bonchev–Trinajstić information content (AvgIpc) is 1.89. The summed E-state index contributed by atoms with van der Waals surface area (Å²) in [6.07, 6.45) is 14.7. The Balaban J connectivity index is 0.000000141. The first-order valence-electron chi connectivity index (χ1n) is 41.8. The van der Waals surface area contributed by atoms with E-state index in [0.717, 1.165) is 81.4 Å². The molecule has 678 valence electrons. The van der Waals surface area contributed by atoms with Gasteiger partial charge < -0.3 is 64.3 Å². The number of aliphatic hydroxyl groups is 4. The maximum absolute atomic E-state index is 12.3. The highest BCUT2D eigenvalue weighted by Gasteiger charge is 2.30. The van der Waals surface area contributed by atoms with Crippen LogP contribution in [0.25, 0.3) is 72.6 Å². The molecule has 1 aliphatic carbocycles. The van der Waals surface area contributed by atoms with Crippen molar-refractivity contribution in [1.82, 2.24) is 40.5 Å². The first kappa shape index (κ1) is 95.5. The Hall–Kier alpha value is -16.6. The monoisotopic (exact) mass is 1810 g/mol. The number of aromatic nitrogens is 8. The SMILES string of the molecule is CC(O)C(=O)Nc1oncc1-c1ccccc1.NCC(=O)Nc1oncc1-c1ccccc1.Nc1oncc1-c1ccccc1CCO.O=C(Nc1cnoc1-c1ccccc1)c1ccccc1.O=C(Nc1oncc1-c1ccccc1)C(O)C1CCCCC1.O=C(Nc1oncc1-c1ccccc1)C(O)c1ccccc1.O=S(=O)(Nc1cncn1-c1ccccc1)c1ccccc1. The fourth-order valence-electron chi connectivity index (χ4n) is 13.3. The largest absolute Gasteiger partial charge is 0.396 e. The predicted octanol–water partition coefficient (Wildman–Crippen LogP) is 16.9. The van der Waals surface area contributed by atoms with E-state index >= 15 is 0 Å². The number of nitrogen functional groups attached to an aromatic ring is 1. The highest BCUT2D eigenvalue weighted by atomic mass is 32.2. The summed E-state index contributed by atoms with van der Waals surface area (Å²) in [7, 11) is -3.62. The van der Waals surface area contributed by atoms with Gasteiger partial charge in [0.15, 0.2) is 11.9 Å². The highest BCUT2D eigenvalue weighted by Crippen LogP contribution is 2.35. The fourth-order valence-corrected chi connectivity index (χ4v) is 14.3. The molecule has 1 fully saturated rings. The average molecular weight is 1810 g/mol. The maximum Gasteiger partial charge on any atom is 0.263 e. The molecule has 3 atom stereocenters. The van der Waals surface area contributed by atoms with Gasteiger partial charge in [-0.25, -0.2) is 13.4 Å². The molecule has 7 heterocycles. The van der Waals surface area contributed by atoms with Crippen molar-refractivity contribution in [3.8, 4) is 72.6 Å². The summed E-state index contributed by atoms with van der Waals surface area (Å²) in [5, 5.41) is 73.6. The van der Waals surface area contributed by atoms with E-state index in [2.05, 4.69) is 67.2 Å². The minimum Gasteiger partial charge on any atom is -0.396 e. The summed E-state index contributed by atoms with van der Waals surface area (Å²) in [4.78, 5) is 63.2. The van der Waals surface area contributed by atoms with Crippen molar-refractivity contribution < 1.29 is 80.0 Å². The van der Waals surface area contributed by atoms with Crippen LogP contribution in [-0.4, -0.2) is 124 Å². The predicted molar refractivity (Wildman–Crippen MR) is 501 cm³/mol. The zero-order chi connectivity index (χ0) is 93.5. The molecule has 0 bridgehead atoms. The number of carbonyl (C=O) groups is 5. The van der Waals surface area contributed by atoms with Gasteiger partial charge in [0.2, 0.25) is 35.3 Å². The molecule has 5 amide bonds. The van der Waals surface area contributed by atoms with Crippen molar-refractivity contribution in [1.29, 1.82) is 0 Å². The lowest BCUT2D eigenvalue weighted by molar-refractivity contribution is -0.127. The van der Waals surface area contributed by atoms with Gasteiger partial charge in [-0.05, 0) is 107 Å². The van der Waals surface area contributed by atoms with Crippen LogP contribution in [0.2, 0.25) is 0 Å². The third-order valence-electron chi connectivity index (χ3n) is 20.0. The van der Waals surface area contributed by atoms with Gasteiger partial charge in [0.25, 0.3) is 33.7 Å². The second-order valence-corrected chi connectivity index (χ2v) is 30.9. The molecule has 1 aliphatic rings. The number of carbonyl (C=O) groups excluding carboxylic acids is 5. The number of nitrogens with two attached hydrogens (primary N) is 2. The number of para-hydroxylation sites is 1. The van der Waals surface area contributed by atoms with Gasteiger partial charge in [0.1, 0.15) is 30.0 Å². The smallest absolute Gasteiger partial charge is 0.263 e. The lowest BCUT2D eigenvalue weighted by Gasteiger charge is -2.25. The molecule has 133 heavy (non-hydrogen) atoms. The van der Waals surface area contributed by atoms with Crippen molar-refractivity contribution >= 4 is 80.5 Å². The standard InChI is InChI=1S/C17H20N2O3.C17H14N2O3.C16H12N2O2.C15H13N3O2S.C12H12N2O3.C11H11N3O2.C11H12N2O2/c2*20-15(13-9-5-2-6-10-13)16(21)19-17-14(11-18-22-17)12-7-3-1-4-8-12;19-16(13-9-5-2-6-10-13)18-14-11-17-20-15(14)12-7-3-1-4-8-12;19-21(20,14-9-5-2-6-10-14)17-15-11-16-12-18(15)13-7-3-1-4-8-13;1-8(15)11(16)14-12-10(7-13-17-12)9-5-3-2-4-6-9;12-6-10(15)14-11-9(7-13-16-11)8-4-2-1-3-5-8;12-11-10(7-13-15-11)9-4-2-1-3-8(9)5-6-14/h1,3-4,7-8,11,13,15,20H,2,5-6,9-10H2,(H,19,21);1-11,15,20H,(H,19,21);1-11H,(H,18,19);1-12,17H;2-8,15H,1H3,(H,14,16);1-5,7H,6,12H2,(H,14,15);1-4,7,14H,5-6,12H2. The van der Waals surface area contributed by atoms with E-state index in [4.69, 9.17) is 48.8 Å². The van der Waals surface area contributed by atoms with E-state index in [0.29, 0.717) is 63.3 Å². The van der Waals surface area contributed by atoms with Crippen LogP contribution in [0.1, 0.15) is 66.6 Å². The van der Waals surface area contributed by atoms with Crippen LogP contribution in [0.15, 0.2) is 379 Å². The Morgan fingerprint density at radius 1 is 0.436 bits per heavy atom. The van der Waals surface area contributed by atoms with Crippen LogP contribution in [0.4, 0.5) is 40.9 Å². The molecule has 18 rings (SSSR count). The van der Waals surface area contributed by atoms with Crippen molar-refractivity contribution in [2.24, 2.45) is 11.7 Å². The number of hydrogen-bond acceptors (Lipinski definition) is 26. The van der Waals surface area contributed by atoms with Gasteiger partial charge in [-0.3, -0.25) is 54.5 Å². The number of anilines is 7. The summed E-state index contributed by atoms with van der Waals surface area (Å²) < 4.78 is 59.1. The summed E-state index contributed by atoms with van der Waals surface area (Å²) in [5.41, 5.74) is 23.4. The third-order valence-corrected chi connectivity index (χ3v) is 21.4. The second kappa shape index (κ2) is 49.1. The van der Waals surface area contributed by atoms with E-state index in [1.54, 1.807) is 96.2 Å². The Morgan fingerprint density at radius 2 is 0.842 bits per heavy atom. The lowest BCUT2D eigenvalue weighted by atomic mass is 9.85. The number of nitrogens with one attached hydrogen (secondary N) is 6. The molecule has 10 aromatic carbocycles. The number of hydrogen-bond donors (Lipinski definition) is 12. The van der Waals surface area contributed by atoms with E-state index in [1.807, 2.05) is 231 Å². The van der Waals surface area contributed by atoms with Gasteiger partial charge >= 0.3 is 0 Å². The third kappa shape index (κ3) is 27.5. The van der Waals surface area contributed by atoms with E-state index in [-0.39, 0.29) is 53.4 Å². The van der Waals surface area contributed by atoms with Gasteiger partial charge in [0.05, 0.1) is 82.6 Å². The van der Waals surface area contributed by atoms with Gasteiger partial charge in [-0.1, -0.05) is 311 Å². The Morgan fingerprint density at radius 3 is 1.31 bits per heavy atom. The number of sulfonamides is 1. The highest BCUT2D eigenvalue weighted by molar-refractivity contribution is 7.92. The number of rotatable bonds is 24. The first-order valence-corrected chi connectivity index (χ1v) is 43.3. The molecule has 33 nitrogen and oxygen atoms in total. The molecule has 0 spiro atoms.